The SMILES string of the molecule is CCNC(=O)[C@H](C)NC(=O)c1ccc(CNS(=O)(=O)c2ccc(C)c(C)c2)cc1. The molecule has 0 unspecified atom stereocenters. The molecule has 7 nitrogen and oxygen atoms in total. The van der Waals surface area contributed by atoms with Gasteiger partial charge in [-0.25, -0.2) is 13.1 Å². The van der Waals surface area contributed by atoms with Gasteiger partial charge in [0.15, 0.2) is 0 Å². The van der Waals surface area contributed by atoms with Gasteiger partial charge in [-0.2, -0.15) is 0 Å². The molecule has 0 saturated carbocycles. The summed E-state index contributed by atoms with van der Waals surface area (Å²) in [6, 6.07) is 10.9. The number of aryl methyl sites for hydroxylation is 2. The van der Waals surface area contributed by atoms with Crippen molar-refractivity contribution in [3.8, 4) is 0 Å². The van der Waals surface area contributed by atoms with E-state index in [0.29, 0.717) is 17.7 Å². The Kier molecular flexibility index (Phi) is 7.53. The summed E-state index contributed by atoms with van der Waals surface area (Å²) in [6.07, 6.45) is 0. The number of nitrogens with one attached hydrogen (secondary N) is 3. The highest BCUT2D eigenvalue weighted by molar-refractivity contribution is 7.89. The number of likely N-dealkylation sites (N-methyl/N-ethyl adjacent to an activating group) is 1. The van der Waals surface area contributed by atoms with E-state index in [-0.39, 0.29) is 23.3 Å². The molecule has 3 N–H and O–H groups in total. The van der Waals surface area contributed by atoms with E-state index in [4.69, 9.17) is 0 Å². The van der Waals surface area contributed by atoms with E-state index in [2.05, 4.69) is 15.4 Å². The molecule has 2 aromatic rings. The third kappa shape index (κ3) is 6.13. The lowest BCUT2D eigenvalue weighted by Gasteiger charge is -2.13. The van der Waals surface area contributed by atoms with Crippen molar-refractivity contribution in [2.45, 2.75) is 45.2 Å². The minimum atomic E-state index is -3.63. The molecule has 2 aromatic carbocycles. The largest absolute Gasteiger partial charge is 0.355 e. The van der Waals surface area contributed by atoms with E-state index in [1.165, 1.54) is 0 Å². The molecular formula is C21H27N3O4S. The highest BCUT2D eigenvalue weighted by Crippen LogP contribution is 2.15. The van der Waals surface area contributed by atoms with E-state index in [1.807, 2.05) is 13.8 Å². The van der Waals surface area contributed by atoms with Crippen molar-refractivity contribution < 1.29 is 18.0 Å². The number of benzene rings is 2. The van der Waals surface area contributed by atoms with Gasteiger partial charge in [0, 0.05) is 18.7 Å². The molecule has 0 bridgehead atoms. The van der Waals surface area contributed by atoms with Crippen LogP contribution in [0.15, 0.2) is 47.4 Å². The molecule has 0 aromatic heterocycles. The Labute approximate surface area is 172 Å². The van der Waals surface area contributed by atoms with Crippen molar-refractivity contribution in [3.05, 3.63) is 64.7 Å². The number of sulfonamides is 1. The predicted molar refractivity (Wildman–Crippen MR) is 112 cm³/mol. The Morgan fingerprint density at radius 2 is 1.66 bits per heavy atom. The van der Waals surface area contributed by atoms with Gasteiger partial charge in [0.2, 0.25) is 15.9 Å². The number of carbonyl (C=O) groups excluding carboxylic acids is 2. The highest BCUT2D eigenvalue weighted by atomic mass is 32.2. The van der Waals surface area contributed by atoms with Crippen LogP contribution in [0, 0.1) is 13.8 Å². The van der Waals surface area contributed by atoms with Gasteiger partial charge in [0.25, 0.3) is 5.91 Å². The second-order valence-electron chi connectivity index (χ2n) is 6.86. The molecule has 0 aliphatic heterocycles. The fourth-order valence-electron chi connectivity index (χ4n) is 2.59. The van der Waals surface area contributed by atoms with Crippen molar-refractivity contribution in [1.29, 1.82) is 0 Å². The van der Waals surface area contributed by atoms with Gasteiger partial charge in [-0.15, -0.1) is 0 Å². The van der Waals surface area contributed by atoms with Crippen LogP contribution in [-0.2, 0) is 21.4 Å². The van der Waals surface area contributed by atoms with Crippen molar-refractivity contribution in [2.75, 3.05) is 6.54 Å². The third-order valence-corrected chi connectivity index (χ3v) is 5.96. The molecule has 0 radical (unpaired) electrons. The average molecular weight is 418 g/mol. The number of rotatable bonds is 8. The van der Waals surface area contributed by atoms with Gasteiger partial charge in [-0.3, -0.25) is 9.59 Å². The fraction of sp³-hybridized carbons (Fsp3) is 0.333. The van der Waals surface area contributed by atoms with Crippen LogP contribution in [0.25, 0.3) is 0 Å². The number of carbonyl (C=O) groups is 2. The fourth-order valence-corrected chi connectivity index (χ4v) is 3.69. The molecular weight excluding hydrogens is 390 g/mol. The second kappa shape index (κ2) is 9.67. The summed E-state index contributed by atoms with van der Waals surface area (Å²) in [5.41, 5.74) is 3.04. The van der Waals surface area contributed by atoms with Crippen LogP contribution in [0.4, 0.5) is 0 Å². The molecule has 0 aliphatic rings. The molecule has 156 valence electrons. The first kappa shape index (κ1) is 22.6. The lowest BCUT2D eigenvalue weighted by Crippen LogP contribution is -2.44. The highest BCUT2D eigenvalue weighted by Gasteiger charge is 2.17. The summed E-state index contributed by atoms with van der Waals surface area (Å²) in [6.45, 7) is 7.80. The zero-order valence-electron chi connectivity index (χ0n) is 17.1. The van der Waals surface area contributed by atoms with Crippen molar-refractivity contribution in [1.82, 2.24) is 15.4 Å². The average Bonchev–Trinajstić information content (AvgIpc) is 2.69. The lowest BCUT2D eigenvalue weighted by atomic mass is 10.1. The lowest BCUT2D eigenvalue weighted by molar-refractivity contribution is -0.122. The van der Waals surface area contributed by atoms with Gasteiger partial charge in [-0.05, 0) is 68.7 Å². The molecule has 0 aliphatic carbocycles. The standard InChI is InChI=1S/C21H27N3O4S/c1-5-22-20(25)16(4)24-21(26)18-9-7-17(8-10-18)13-23-29(27,28)19-11-6-14(2)15(3)12-19/h6-12,16,23H,5,13H2,1-4H3,(H,22,25)(H,24,26)/t16-/m0/s1. The molecule has 2 rings (SSSR count). The number of hydrogen-bond acceptors (Lipinski definition) is 4. The molecule has 0 saturated heterocycles. The number of hydrogen-bond donors (Lipinski definition) is 3. The van der Waals surface area contributed by atoms with Crippen LogP contribution in [0.5, 0.6) is 0 Å². The van der Waals surface area contributed by atoms with Crippen LogP contribution >= 0.6 is 0 Å². The zero-order chi connectivity index (χ0) is 21.6. The Balaban J connectivity index is 1.99. The maximum Gasteiger partial charge on any atom is 0.251 e. The summed E-state index contributed by atoms with van der Waals surface area (Å²) < 4.78 is 27.5. The summed E-state index contributed by atoms with van der Waals surface area (Å²) in [7, 11) is -3.63. The first-order chi connectivity index (χ1) is 13.6. The van der Waals surface area contributed by atoms with Crippen molar-refractivity contribution >= 4 is 21.8 Å². The van der Waals surface area contributed by atoms with Crippen LogP contribution in [-0.4, -0.2) is 32.8 Å². The summed E-state index contributed by atoms with van der Waals surface area (Å²) in [5, 5.41) is 5.27. The van der Waals surface area contributed by atoms with E-state index in [1.54, 1.807) is 56.3 Å². The number of amides is 2. The van der Waals surface area contributed by atoms with Crippen LogP contribution in [0.3, 0.4) is 0 Å². The Morgan fingerprint density at radius 3 is 2.24 bits per heavy atom. The smallest absolute Gasteiger partial charge is 0.251 e. The second-order valence-corrected chi connectivity index (χ2v) is 8.62. The normalized spacial score (nSPS) is 12.3. The molecule has 0 heterocycles. The zero-order valence-corrected chi connectivity index (χ0v) is 17.9. The molecule has 0 spiro atoms. The van der Waals surface area contributed by atoms with Gasteiger partial charge in [-0.1, -0.05) is 18.2 Å². The molecule has 29 heavy (non-hydrogen) atoms. The van der Waals surface area contributed by atoms with Gasteiger partial charge in [0.1, 0.15) is 6.04 Å². The summed E-state index contributed by atoms with van der Waals surface area (Å²) in [5.74, 6) is -0.621. The Morgan fingerprint density at radius 1 is 1.00 bits per heavy atom. The Hall–Kier alpha value is -2.71. The van der Waals surface area contributed by atoms with E-state index in [0.717, 1.165) is 11.1 Å². The first-order valence-corrected chi connectivity index (χ1v) is 10.9. The maximum absolute atomic E-state index is 12.5. The van der Waals surface area contributed by atoms with Gasteiger partial charge >= 0.3 is 0 Å². The summed E-state index contributed by atoms with van der Waals surface area (Å²) >= 11 is 0. The Bertz CT molecular complexity index is 985. The van der Waals surface area contributed by atoms with Gasteiger partial charge < -0.3 is 10.6 Å². The third-order valence-electron chi connectivity index (χ3n) is 4.56. The van der Waals surface area contributed by atoms with Crippen molar-refractivity contribution in [3.63, 3.8) is 0 Å². The minimum Gasteiger partial charge on any atom is -0.355 e. The molecule has 0 fully saturated rings. The molecule has 8 heteroatoms. The minimum absolute atomic E-state index is 0.104. The predicted octanol–water partition coefficient (Wildman–Crippen LogP) is 2.04. The van der Waals surface area contributed by atoms with E-state index in [9.17, 15) is 18.0 Å². The van der Waals surface area contributed by atoms with Crippen LogP contribution < -0.4 is 15.4 Å². The molecule has 2 amide bonds. The molecule has 1 atom stereocenters. The van der Waals surface area contributed by atoms with E-state index < -0.39 is 16.1 Å². The topological polar surface area (TPSA) is 104 Å². The maximum atomic E-state index is 12.5. The first-order valence-electron chi connectivity index (χ1n) is 9.38. The van der Waals surface area contributed by atoms with E-state index >= 15 is 0 Å². The summed E-state index contributed by atoms with van der Waals surface area (Å²) in [4.78, 5) is 24.2. The van der Waals surface area contributed by atoms with Gasteiger partial charge in [0.05, 0.1) is 4.90 Å². The quantitative estimate of drug-likeness (QED) is 0.611. The van der Waals surface area contributed by atoms with Crippen LogP contribution in [0.2, 0.25) is 0 Å². The van der Waals surface area contributed by atoms with Crippen LogP contribution in [0.1, 0.15) is 40.9 Å². The van der Waals surface area contributed by atoms with Crippen molar-refractivity contribution in [2.24, 2.45) is 0 Å². The monoisotopic (exact) mass is 417 g/mol.